The van der Waals surface area contributed by atoms with Gasteiger partial charge in [-0.15, -0.1) is 10.2 Å². The van der Waals surface area contributed by atoms with Gasteiger partial charge in [0, 0.05) is 13.1 Å². The fourth-order valence-corrected chi connectivity index (χ4v) is 3.48. The van der Waals surface area contributed by atoms with Gasteiger partial charge in [-0.3, -0.25) is 0 Å². The predicted molar refractivity (Wildman–Crippen MR) is 68.2 cm³/mol. The third kappa shape index (κ3) is 3.93. The van der Waals surface area contributed by atoms with Crippen LogP contribution in [0.25, 0.3) is 0 Å². The van der Waals surface area contributed by atoms with E-state index in [9.17, 15) is 8.42 Å². The van der Waals surface area contributed by atoms with Crippen molar-refractivity contribution in [2.75, 3.05) is 26.7 Å². The molecule has 0 bridgehead atoms. The van der Waals surface area contributed by atoms with Crippen molar-refractivity contribution in [3.05, 3.63) is 5.82 Å². The Bertz CT molecular complexity index is 473. The Morgan fingerprint density at radius 1 is 1.53 bits per heavy atom. The van der Waals surface area contributed by atoms with Crippen LogP contribution in [-0.2, 0) is 16.8 Å². The zero-order valence-electron chi connectivity index (χ0n) is 10.8. The Kier molecular flexibility index (Phi) is 4.80. The lowest BCUT2D eigenvalue weighted by Crippen LogP contribution is -2.47. The van der Waals surface area contributed by atoms with Gasteiger partial charge in [-0.05, 0) is 32.4 Å². The molecular formula is C9H19N7O2S. The minimum absolute atomic E-state index is 0.0476. The lowest BCUT2D eigenvalue weighted by molar-refractivity contribution is 0.260. The second kappa shape index (κ2) is 6.37. The van der Waals surface area contributed by atoms with E-state index in [-0.39, 0.29) is 6.54 Å². The van der Waals surface area contributed by atoms with E-state index in [1.807, 2.05) is 7.05 Å². The quantitative estimate of drug-likeness (QED) is 0.585. The standard InChI is InChI=1S/C9H19N7O2S/c1-10-5-8-3-2-4-16(7-8)19(17,18)11-6-9-12-14-15-13-9/h8,10-11H,2-7H2,1H3,(H,12,13,14,15). The van der Waals surface area contributed by atoms with E-state index in [2.05, 4.69) is 30.7 Å². The molecule has 0 aliphatic carbocycles. The number of nitrogens with zero attached hydrogens (tertiary/aromatic N) is 4. The summed E-state index contributed by atoms with van der Waals surface area (Å²) in [6, 6.07) is 0. The largest absolute Gasteiger partial charge is 0.319 e. The summed E-state index contributed by atoms with van der Waals surface area (Å²) >= 11 is 0. The van der Waals surface area contributed by atoms with E-state index in [1.165, 1.54) is 4.31 Å². The van der Waals surface area contributed by atoms with Crippen LogP contribution in [0.4, 0.5) is 0 Å². The molecule has 0 radical (unpaired) electrons. The number of rotatable bonds is 6. The van der Waals surface area contributed by atoms with Crippen LogP contribution < -0.4 is 10.0 Å². The van der Waals surface area contributed by atoms with Gasteiger partial charge in [-0.2, -0.15) is 22.7 Å². The number of hydrogen-bond donors (Lipinski definition) is 3. The second-order valence-corrected chi connectivity index (χ2v) is 6.33. The molecule has 1 aromatic heterocycles. The smallest absolute Gasteiger partial charge is 0.279 e. The number of tetrazole rings is 1. The lowest BCUT2D eigenvalue weighted by atomic mass is 10.00. The molecule has 0 spiro atoms. The molecule has 0 amide bonds. The van der Waals surface area contributed by atoms with Crippen molar-refractivity contribution in [3.63, 3.8) is 0 Å². The van der Waals surface area contributed by atoms with Crippen LogP contribution in [0.1, 0.15) is 18.7 Å². The molecule has 10 heteroatoms. The first-order valence-corrected chi connectivity index (χ1v) is 7.67. The molecule has 9 nitrogen and oxygen atoms in total. The average Bonchev–Trinajstić information content (AvgIpc) is 2.90. The van der Waals surface area contributed by atoms with E-state index in [0.29, 0.717) is 24.8 Å². The van der Waals surface area contributed by atoms with Crippen LogP contribution >= 0.6 is 0 Å². The molecule has 3 N–H and O–H groups in total. The summed E-state index contributed by atoms with van der Waals surface area (Å²) in [5.74, 6) is 0.688. The molecule has 2 heterocycles. The van der Waals surface area contributed by atoms with Crippen LogP contribution in [-0.4, -0.2) is 60.0 Å². The lowest BCUT2D eigenvalue weighted by Gasteiger charge is -2.31. The number of aromatic nitrogens is 4. The Hall–Kier alpha value is -1.10. The summed E-state index contributed by atoms with van der Waals surface area (Å²) in [6.07, 6.45) is 1.94. The van der Waals surface area contributed by atoms with Gasteiger partial charge in [0.15, 0.2) is 5.82 Å². The van der Waals surface area contributed by atoms with Gasteiger partial charge < -0.3 is 5.32 Å². The van der Waals surface area contributed by atoms with Crippen LogP contribution in [0.2, 0.25) is 0 Å². The van der Waals surface area contributed by atoms with Crippen LogP contribution in [0.3, 0.4) is 0 Å². The molecule has 19 heavy (non-hydrogen) atoms. The fraction of sp³-hybridized carbons (Fsp3) is 0.889. The zero-order valence-corrected chi connectivity index (χ0v) is 11.7. The number of aromatic amines is 1. The number of H-pyrrole nitrogens is 1. The predicted octanol–water partition coefficient (Wildman–Crippen LogP) is -1.53. The summed E-state index contributed by atoms with van der Waals surface area (Å²) in [5, 5.41) is 16.2. The van der Waals surface area contributed by atoms with Gasteiger partial charge >= 0.3 is 0 Å². The van der Waals surface area contributed by atoms with E-state index >= 15 is 0 Å². The van der Waals surface area contributed by atoms with Gasteiger partial charge in [0.1, 0.15) is 0 Å². The Morgan fingerprint density at radius 2 is 2.37 bits per heavy atom. The van der Waals surface area contributed by atoms with Crippen LogP contribution in [0.15, 0.2) is 0 Å². The van der Waals surface area contributed by atoms with Crippen LogP contribution in [0, 0.1) is 5.92 Å². The van der Waals surface area contributed by atoms with Gasteiger partial charge in [0.2, 0.25) is 0 Å². The highest BCUT2D eigenvalue weighted by Gasteiger charge is 2.28. The minimum atomic E-state index is -3.48. The second-order valence-electron chi connectivity index (χ2n) is 4.58. The topological polar surface area (TPSA) is 116 Å². The Labute approximate surface area is 112 Å². The van der Waals surface area contributed by atoms with Crippen molar-refractivity contribution in [3.8, 4) is 0 Å². The summed E-state index contributed by atoms with van der Waals surface area (Å²) in [7, 11) is -1.60. The molecule has 108 valence electrons. The van der Waals surface area contributed by atoms with E-state index in [1.54, 1.807) is 0 Å². The highest BCUT2D eigenvalue weighted by atomic mass is 32.2. The van der Waals surface area contributed by atoms with Gasteiger partial charge in [0.25, 0.3) is 10.2 Å². The maximum absolute atomic E-state index is 12.1. The summed E-state index contributed by atoms with van der Waals surface area (Å²) in [5.41, 5.74) is 0. The fourth-order valence-electron chi connectivity index (χ4n) is 2.20. The maximum Gasteiger partial charge on any atom is 0.279 e. The van der Waals surface area contributed by atoms with Crippen molar-refractivity contribution in [1.82, 2.24) is 35.0 Å². The van der Waals surface area contributed by atoms with Gasteiger partial charge in [0.05, 0.1) is 6.54 Å². The Morgan fingerprint density at radius 3 is 3.05 bits per heavy atom. The van der Waals surface area contributed by atoms with Crippen molar-refractivity contribution in [1.29, 1.82) is 0 Å². The number of piperidine rings is 1. The third-order valence-electron chi connectivity index (χ3n) is 3.12. The number of nitrogens with one attached hydrogen (secondary N) is 3. The summed E-state index contributed by atoms with van der Waals surface area (Å²) < 4.78 is 28.2. The molecule has 1 atom stereocenters. The molecule has 1 aliphatic rings. The molecule has 1 aromatic rings. The SMILES string of the molecule is CNCC1CCCN(S(=O)(=O)NCc2nn[nH]n2)C1. The van der Waals surface area contributed by atoms with E-state index in [0.717, 1.165) is 19.4 Å². The molecule has 1 saturated heterocycles. The molecule has 1 aliphatic heterocycles. The van der Waals surface area contributed by atoms with E-state index < -0.39 is 10.2 Å². The van der Waals surface area contributed by atoms with Gasteiger partial charge in [-0.25, -0.2) is 0 Å². The zero-order chi connectivity index (χ0) is 13.7. The number of hydrogen-bond acceptors (Lipinski definition) is 6. The monoisotopic (exact) mass is 289 g/mol. The molecule has 1 fully saturated rings. The molecule has 1 unspecified atom stereocenters. The minimum Gasteiger partial charge on any atom is -0.319 e. The average molecular weight is 289 g/mol. The Balaban J connectivity index is 1.91. The highest BCUT2D eigenvalue weighted by Crippen LogP contribution is 2.17. The first-order valence-electron chi connectivity index (χ1n) is 6.23. The van der Waals surface area contributed by atoms with Crippen molar-refractivity contribution in [2.24, 2.45) is 5.92 Å². The molecular weight excluding hydrogens is 270 g/mol. The summed E-state index contributed by atoms with van der Waals surface area (Å²) in [4.78, 5) is 0. The molecule has 2 rings (SSSR count). The first kappa shape index (κ1) is 14.3. The maximum atomic E-state index is 12.1. The normalized spacial score (nSPS) is 21.6. The molecule has 0 aromatic carbocycles. The van der Waals surface area contributed by atoms with Crippen LogP contribution in [0.5, 0.6) is 0 Å². The van der Waals surface area contributed by atoms with Crippen molar-refractivity contribution in [2.45, 2.75) is 19.4 Å². The van der Waals surface area contributed by atoms with E-state index in [4.69, 9.17) is 0 Å². The van der Waals surface area contributed by atoms with Gasteiger partial charge in [-0.1, -0.05) is 5.21 Å². The summed E-state index contributed by atoms with van der Waals surface area (Å²) in [6.45, 7) is 1.98. The van der Waals surface area contributed by atoms with Crippen molar-refractivity contribution >= 4 is 10.2 Å². The molecule has 0 saturated carbocycles. The highest BCUT2D eigenvalue weighted by molar-refractivity contribution is 7.87. The first-order chi connectivity index (χ1) is 9.12. The van der Waals surface area contributed by atoms with Crippen molar-refractivity contribution < 1.29 is 8.42 Å². The third-order valence-corrected chi connectivity index (χ3v) is 4.64.